The van der Waals surface area contributed by atoms with Gasteiger partial charge >= 0.3 is 0 Å². The van der Waals surface area contributed by atoms with E-state index in [-0.39, 0.29) is 29.7 Å². The smallest absolute Gasteiger partial charge is 0.243 e. The lowest BCUT2D eigenvalue weighted by molar-refractivity contribution is -0.143. The number of hydrogen-bond donors (Lipinski definition) is 4. The molecule has 9 nitrogen and oxygen atoms in total. The van der Waals surface area contributed by atoms with Gasteiger partial charge in [-0.2, -0.15) is 0 Å². The van der Waals surface area contributed by atoms with Crippen molar-refractivity contribution in [1.82, 2.24) is 15.5 Å². The van der Waals surface area contributed by atoms with Gasteiger partial charge < -0.3 is 31.8 Å². The number of guanidine groups is 1. The largest absolute Gasteiger partial charge is 0.370 e. The van der Waals surface area contributed by atoms with Gasteiger partial charge in [0.25, 0.3) is 0 Å². The highest BCUT2D eigenvalue weighted by atomic mass is 16.2. The minimum absolute atomic E-state index is 0.00869. The molecule has 1 aliphatic heterocycles. The van der Waals surface area contributed by atoms with Crippen LogP contribution in [0.25, 0.3) is 0 Å². The second kappa shape index (κ2) is 11.0. The molecule has 9 heteroatoms. The van der Waals surface area contributed by atoms with E-state index in [4.69, 9.17) is 11.5 Å². The van der Waals surface area contributed by atoms with Gasteiger partial charge in [-0.05, 0) is 45.6 Å². The molecular weight excluding hydrogens is 360 g/mol. The second-order valence-corrected chi connectivity index (χ2v) is 7.68. The van der Waals surface area contributed by atoms with Crippen LogP contribution in [0.3, 0.4) is 0 Å². The standard InChI is InChI=1S/C19H34N6O3/c1-22-15-8-3-2-7-14(15)18(28)25-11-5-9-16(25)17(27)24-13(12-26)6-4-10-23-19(20)21/h12-16,22H,2-11H2,1H3,(H,24,27)(H4,20,21,23)/t13-,14?,15?,16-/m0/s1. The van der Waals surface area contributed by atoms with Gasteiger partial charge in [-0.15, -0.1) is 0 Å². The molecule has 1 heterocycles. The van der Waals surface area contributed by atoms with E-state index in [1.165, 1.54) is 0 Å². The van der Waals surface area contributed by atoms with Crippen LogP contribution in [0.2, 0.25) is 0 Å². The number of carbonyl (C=O) groups excluding carboxylic acids is 3. The second-order valence-electron chi connectivity index (χ2n) is 7.68. The molecule has 1 aliphatic carbocycles. The third kappa shape index (κ3) is 5.92. The first kappa shape index (κ1) is 22.1. The molecule has 0 radical (unpaired) electrons. The molecule has 6 N–H and O–H groups in total. The van der Waals surface area contributed by atoms with Crippen molar-refractivity contribution in [3.8, 4) is 0 Å². The van der Waals surface area contributed by atoms with Gasteiger partial charge in [-0.3, -0.25) is 14.6 Å². The molecule has 2 aliphatic rings. The summed E-state index contributed by atoms with van der Waals surface area (Å²) >= 11 is 0. The predicted octanol–water partition coefficient (Wildman–Crippen LogP) is -0.507. The molecule has 2 amide bonds. The number of aliphatic imine (C=N–C) groups is 1. The summed E-state index contributed by atoms with van der Waals surface area (Å²) < 4.78 is 0. The van der Waals surface area contributed by atoms with Gasteiger partial charge in [-0.25, -0.2) is 0 Å². The van der Waals surface area contributed by atoms with Crippen molar-refractivity contribution in [1.29, 1.82) is 0 Å². The van der Waals surface area contributed by atoms with Gasteiger partial charge in [0.05, 0.1) is 12.0 Å². The van der Waals surface area contributed by atoms with Crippen LogP contribution in [0.5, 0.6) is 0 Å². The average Bonchev–Trinajstić information content (AvgIpc) is 3.19. The fraction of sp³-hybridized carbons (Fsp3) is 0.789. The van der Waals surface area contributed by atoms with Crippen LogP contribution in [-0.4, -0.2) is 67.2 Å². The number of hydrogen-bond acceptors (Lipinski definition) is 5. The number of rotatable bonds is 9. The maximum absolute atomic E-state index is 13.1. The molecule has 2 rings (SSSR count). The Kier molecular flexibility index (Phi) is 8.69. The molecule has 4 atom stereocenters. The van der Waals surface area contributed by atoms with Crippen LogP contribution in [0.15, 0.2) is 4.99 Å². The molecule has 158 valence electrons. The van der Waals surface area contributed by atoms with Crippen molar-refractivity contribution < 1.29 is 14.4 Å². The molecule has 1 saturated carbocycles. The number of amides is 2. The summed E-state index contributed by atoms with van der Waals surface area (Å²) in [6.07, 6.45) is 7.22. The van der Waals surface area contributed by atoms with Crippen LogP contribution in [0.4, 0.5) is 0 Å². The molecule has 0 aromatic carbocycles. The predicted molar refractivity (Wildman–Crippen MR) is 107 cm³/mol. The third-order valence-corrected chi connectivity index (χ3v) is 5.75. The topological polar surface area (TPSA) is 143 Å². The number of carbonyl (C=O) groups is 3. The maximum atomic E-state index is 13.1. The summed E-state index contributed by atoms with van der Waals surface area (Å²) in [5, 5.41) is 6.04. The summed E-state index contributed by atoms with van der Waals surface area (Å²) in [4.78, 5) is 42.8. The van der Waals surface area contributed by atoms with Crippen molar-refractivity contribution in [2.24, 2.45) is 22.4 Å². The van der Waals surface area contributed by atoms with Gasteiger partial charge in [-0.1, -0.05) is 12.8 Å². The molecule has 0 spiro atoms. The first-order chi connectivity index (χ1) is 13.5. The highest BCUT2D eigenvalue weighted by Crippen LogP contribution is 2.29. The summed E-state index contributed by atoms with van der Waals surface area (Å²) in [7, 11) is 1.89. The van der Waals surface area contributed by atoms with E-state index >= 15 is 0 Å². The first-order valence-electron chi connectivity index (χ1n) is 10.3. The van der Waals surface area contributed by atoms with E-state index in [0.29, 0.717) is 32.4 Å². The molecule has 2 fully saturated rings. The van der Waals surface area contributed by atoms with Crippen molar-refractivity contribution in [3.05, 3.63) is 0 Å². The molecule has 0 aromatic rings. The normalized spacial score (nSPS) is 25.8. The van der Waals surface area contributed by atoms with Crippen molar-refractivity contribution >= 4 is 24.1 Å². The fourth-order valence-electron chi connectivity index (χ4n) is 4.26. The van der Waals surface area contributed by atoms with Crippen LogP contribution in [0, 0.1) is 5.92 Å². The maximum Gasteiger partial charge on any atom is 0.243 e. The molecular formula is C19H34N6O3. The average molecular weight is 395 g/mol. The minimum atomic E-state index is -0.598. The number of nitrogens with two attached hydrogens (primary N) is 2. The lowest BCUT2D eigenvalue weighted by atomic mass is 9.83. The van der Waals surface area contributed by atoms with E-state index in [9.17, 15) is 14.4 Å². The summed E-state index contributed by atoms with van der Waals surface area (Å²) in [5.41, 5.74) is 10.6. The quantitative estimate of drug-likeness (QED) is 0.180. The van der Waals surface area contributed by atoms with Crippen molar-refractivity contribution in [2.45, 2.75) is 69.5 Å². The van der Waals surface area contributed by atoms with E-state index in [1.54, 1.807) is 4.90 Å². The van der Waals surface area contributed by atoms with Crippen LogP contribution >= 0.6 is 0 Å². The van der Waals surface area contributed by atoms with Crippen molar-refractivity contribution in [3.63, 3.8) is 0 Å². The van der Waals surface area contributed by atoms with Crippen molar-refractivity contribution in [2.75, 3.05) is 20.1 Å². The Bertz CT molecular complexity index is 578. The van der Waals surface area contributed by atoms with E-state index in [0.717, 1.165) is 38.4 Å². The Morgan fingerprint density at radius 1 is 1.21 bits per heavy atom. The lowest BCUT2D eigenvalue weighted by Gasteiger charge is -2.35. The zero-order chi connectivity index (χ0) is 20.5. The molecule has 0 bridgehead atoms. The van der Waals surface area contributed by atoms with Crippen LogP contribution < -0.4 is 22.1 Å². The third-order valence-electron chi connectivity index (χ3n) is 5.75. The Morgan fingerprint density at radius 2 is 1.96 bits per heavy atom. The number of nitrogens with one attached hydrogen (secondary N) is 2. The Balaban J connectivity index is 1.92. The summed E-state index contributed by atoms with van der Waals surface area (Å²) in [5.74, 6) is -0.253. The minimum Gasteiger partial charge on any atom is -0.370 e. The Hall–Kier alpha value is -2.16. The van der Waals surface area contributed by atoms with Crippen LogP contribution in [-0.2, 0) is 14.4 Å². The molecule has 0 aromatic heterocycles. The molecule has 1 saturated heterocycles. The zero-order valence-electron chi connectivity index (χ0n) is 16.7. The highest BCUT2D eigenvalue weighted by molar-refractivity contribution is 5.90. The molecule has 2 unspecified atom stereocenters. The number of likely N-dealkylation sites (tertiary alicyclic amines) is 1. The SMILES string of the molecule is CNC1CCCCC1C(=O)N1CCC[C@H]1C(=O)N[C@H](C=O)CCCN=C(N)N. The van der Waals surface area contributed by atoms with Crippen LogP contribution in [0.1, 0.15) is 51.4 Å². The number of nitrogens with zero attached hydrogens (tertiary/aromatic N) is 2. The zero-order valence-corrected chi connectivity index (χ0v) is 16.7. The van der Waals surface area contributed by atoms with Gasteiger partial charge in [0.2, 0.25) is 11.8 Å². The summed E-state index contributed by atoms with van der Waals surface area (Å²) in [6.45, 7) is 1.00. The van der Waals surface area contributed by atoms with Gasteiger partial charge in [0.1, 0.15) is 12.3 Å². The van der Waals surface area contributed by atoms with Gasteiger partial charge in [0, 0.05) is 19.1 Å². The Morgan fingerprint density at radius 3 is 2.64 bits per heavy atom. The summed E-state index contributed by atoms with van der Waals surface area (Å²) in [6, 6.07) is -0.921. The monoisotopic (exact) mass is 394 g/mol. The molecule has 28 heavy (non-hydrogen) atoms. The van der Waals surface area contributed by atoms with E-state index in [1.807, 2.05) is 7.05 Å². The first-order valence-corrected chi connectivity index (χ1v) is 10.3. The number of aldehydes is 1. The Labute approximate surface area is 166 Å². The van der Waals surface area contributed by atoms with E-state index in [2.05, 4.69) is 15.6 Å². The highest BCUT2D eigenvalue weighted by Gasteiger charge is 2.40. The fourth-order valence-corrected chi connectivity index (χ4v) is 4.26. The van der Waals surface area contributed by atoms with E-state index < -0.39 is 12.1 Å². The van der Waals surface area contributed by atoms with Gasteiger partial charge in [0.15, 0.2) is 5.96 Å². The lowest BCUT2D eigenvalue weighted by Crippen LogP contribution is -2.53.